The van der Waals surface area contributed by atoms with Gasteiger partial charge in [0.05, 0.1) is 7.11 Å². The maximum Gasteiger partial charge on any atom is 0.268 e. The summed E-state index contributed by atoms with van der Waals surface area (Å²) in [6.07, 6.45) is 2.08. The Kier molecular flexibility index (Phi) is 4.35. The lowest BCUT2D eigenvalue weighted by Crippen LogP contribution is -2.59. The van der Waals surface area contributed by atoms with Crippen LogP contribution in [0.25, 0.3) is 0 Å². The van der Waals surface area contributed by atoms with Crippen LogP contribution in [0.15, 0.2) is 6.07 Å². The van der Waals surface area contributed by atoms with Crippen molar-refractivity contribution in [1.82, 2.24) is 15.5 Å². The minimum atomic E-state index is -0.450. The minimum absolute atomic E-state index is 0.0599. The van der Waals surface area contributed by atoms with Crippen LogP contribution in [0.4, 0.5) is 0 Å². The Morgan fingerprint density at radius 3 is 2.91 bits per heavy atom. The molecule has 1 saturated carbocycles. The van der Waals surface area contributed by atoms with E-state index in [1.54, 1.807) is 12.0 Å². The summed E-state index contributed by atoms with van der Waals surface area (Å²) in [5, 5.41) is 6.19. The molecule has 0 aromatic carbocycles. The van der Waals surface area contributed by atoms with Gasteiger partial charge in [0, 0.05) is 30.6 Å². The first-order valence-corrected chi connectivity index (χ1v) is 8.38. The van der Waals surface area contributed by atoms with Gasteiger partial charge in [0.25, 0.3) is 5.91 Å². The van der Waals surface area contributed by atoms with Crippen molar-refractivity contribution in [2.45, 2.75) is 31.8 Å². The second-order valence-electron chi connectivity index (χ2n) is 5.76. The molecule has 120 valence electrons. The molecule has 0 spiro atoms. The van der Waals surface area contributed by atoms with Gasteiger partial charge in [0.15, 0.2) is 0 Å². The maximum atomic E-state index is 12.9. The zero-order valence-corrected chi connectivity index (χ0v) is 13.7. The van der Waals surface area contributed by atoms with Gasteiger partial charge in [-0.25, -0.2) is 0 Å². The highest BCUT2D eigenvalue weighted by molar-refractivity contribution is 7.14. The average Bonchev–Trinajstić information content (AvgIpc) is 3.26. The molecule has 2 aliphatic rings. The molecule has 0 bridgehead atoms. The Morgan fingerprint density at radius 1 is 1.45 bits per heavy atom. The van der Waals surface area contributed by atoms with Crippen molar-refractivity contribution in [2.24, 2.45) is 0 Å². The topological polar surface area (TPSA) is 70.7 Å². The number of amides is 2. The lowest BCUT2D eigenvalue weighted by atomic mass is 10.1. The summed E-state index contributed by atoms with van der Waals surface area (Å²) >= 11 is 1.41. The molecule has 2 N–H and O–H groups in total. The summed E-state index contributed by atoms with van der Waals surface area (Å²) in [5.41, 5.74) is 0. The van der Waals surface area contributed by atoms with Crippen LogP contribution in [0, 0.1) is 6.92 Å². The van der Waals surface area contributed by atoms with Crippen LogP contribution in [0.2, 0.25) is 0 Å². The first-order valence-electron chi connectivity index (χ1n) is 7.56. The first kappa shape index (κ1) is 15.3. The lowest BCUT2D eigenvalue weighted by Gasteiger charge is -2.35. The summed E-state index contributed by atoms with van der Waals surface area (Å²) in [6, 6.07) is 1.71. The fourth-order valence-corrected chi connectivity index (χ4v) is 3.56. The first-order chi connectivity index (χ1) is 10.6. The number of rotatable bonds is 4. The molecule has 7 heteroatoms. The van der Waals surface area contributed by atoms with E-state index in [-0.39, 0.29) is 11.8 Å². The van der Waals surface area contributed by atoms with Crippen LogP contribution in [-0.2, 0) is 4.79 Å². The second kappa shape index (κ2) is 6.26. The van der Waals surface area contributed by atoms with E-state index < -0.39 is 6.04 Å². The Balaban J connectivity index is 1.79. The minimum Gasteiger partial charge on any atom is -0.495 e. The van der Waals surface area contributed by atoms with Crippen LogP contribution in [0.5, 0.6) is 5.75 Å². The predicted molar refractivity (Wildman–Crippen MR) is 84.5 cm³/mol. The number of hydrogen-bond acceptors (Lipinski definition) is 5. The molecule has 0 radical (unpaired) electrons. The second-order valence-corrected chi connectivity index (χ2v) is 7.01. The van der Waals surface area contributed by atoms with Crippen LogP contribution < -0.4 is 15.4 Å². The molecule has 1 saturated heterocycles. The van der Waals surface area contributed by atoms with Gasteiger partial charge in [-0.1, -0.05) is 0 Å². The number of nitrogens with one attached hydrogen (secondary N) is 2. The quantitative estimate of drug-likeness (QED) is 0.858. The Labute approximate surface area is 133 Å². The van der Waals surface area contributed by atoms with Crippen molar-refractivity contribution in [2.75, 3.05) is 26.7 Å². The normalized spacial score (nSPS) is 21.5. The van der Waals surface area contributed by atoms with Gasteiger partial charge in [-0.3, -0.25) is 9.59 Å². The summed E-state index contributed by atoms with van der Waals surface area (Å²) < 4.78 is 5.30. The molecule has 1 aliphatic heterocycles. The largest absolute Gasteiger partial charge is 0.495 e. The molecule has 22 heavy (non-hydrogen) atoms. The fourth-order valence-electron chi connectivity index (χ4n) is 2.63. The lowest BCUT2D eigenvalue weighted by molar-refractivity contribution is -0.126. The van der Waals surface area contributed by atoms with Gasteiger partial charge in [-0.2, -0.15) is 0 Å². The molecule has 6 nitrogen and oxygen atoms in total. The number of ether oxygens (including phenoxy) is 1. The van der Waals surface area contributed by atoms with Crippen molar-refractivity contribution >= 4 is 23.2 Å². The van der Waals surface area contributed by atoms with Crippen LogP contribution >= 0.6 is 11.3 Å². The number of thiophene rings is 1. The Morgan fingerprint density at radius 2 is 2.23 bits per heavy atom. The molecule has 1 aliphatic carbocycles. The summed E-state index contributed by atoms with van der Waals surface area (Å²) in [5.74, 6) is 0.412. The molecule has 1 aromatic rings. The molecule has 2 amide bonds. The van der Waals surface area contributed by atoms with Gasteiger partial charge in [0.2, 0.25) is 5.91 Å². The van der Waals surface area contributed by atoms with Gasteiger partial charge in [-0.15, -0.1) is 11.3 Å². The Hall–Kier alpha value is -1.60. The zero-order valence-electron chi connectivity index (χ0n) is 12.8. The van der Waals surface area contributed by atoms with Crippen molar-refractivity contribution in [3.63, 3.8) is 0 Å². The molecule has 1 atom stereocenters. The highest BCUT2D eigenvalue weighted by atomic mass is 32.1. The van der Waals surface area contributed by atoms with Crippen LogP contribution in [-0.4, -0.2) is 55.5 Å². The third-order valence-corrected chi connectivity index (χ3v) is 4.99. The van der Waals surface area contributed by atoms with E-state index in [4.69, 9.17) is 4.74 Å². The number of carbonyl (C=O) groups is 2. The van der Waals surface area contributed by atoms with Gasteiger partial charge in [-0.05, 0) is 25.8 Å². The van der Waals surface area contributed by atoms with Gasteiger partial charge in [0.1, 0.15) is 16.7 Å². The number of nitrogens with zero attached hydrogens (tertiary/aromatic N) is 1. The van der Waals surface area contributed by atoms with Crippen molar-refractivity contribution in [3.05, 3.63) is 15.8 Å². The van der Waals surface area contributed by atoms with Crippen LogP contribution in [0.3, 0.4) is 0 Å². The highest BCUT2D eigenvalue weighted by Crippen LogP contribution is 2.30. The Bertz CT molecular complexity index is 583. The third kappa shape index (κ3) is 3.10. The number of carbonyl (C=O) groups excluding carboxylic acids is 2. The van der Waals surface area contributed by atoms with Gasteiger partial charge >= 0.3 is 0 Å². The zero-order chi connectivity index (χ0) is 15.7. The van der Waals surface area contributed by atoms with E-state index in [1.807, 2.05) is 13.0 Å². The van der Waals surface area contributed by atoms with E-state index >= 15 is 0 Å². The number of piperazine rings is 1. The van der Waals surface area contributed by atoms with Gasteiger partial charge < -0.3 is 20.3 Å². The van der Waals surface area contributed by atoms with E-state index in [1.165, 1.54) is 11.3 Å². The predicted octanol–water partition coefficient (Wildman–Crippen LogP) is 0.758. The molecule has 2 heterocycles. The summed E-state index contributed by atoms with van der Waals surface area (Å²) in [6.45, 7) is 3.67. The summed E-state index contributed by atoms with van der Waals surface area (Å²) in [4.78, 5) is 28.5. The number of aryl methyl sites for hydroxylation is 1. The molecule has 1 aromatic heterocycles. The molecule has 2 fully saturated rings. The molecular weight excluding hydrogens is 302 g/mol. The number of hydrogen-bond donors (Lipinski definition) is 2. The van der Waals surface area contributed by atoms with E-state index in [2.05, 4.69) is 10.6 Å². The molecule has 0 unspecified atom stereocenters. The van der Waals surface area contributed by atoms with Crippen molar-refractivity contribution in [1.29, 1.82) is 0 Å². The fraction of sp³-hybridized carbons (Fsp3) is 0.600. The van der Waals surface area contributed by atoms with E-state index in [0.717, 1.165) is 17.7 Å². The highest BCUT2D eigenvalue weighted by Gasteiger charge is 2.36. The SMILES string of the molecule is COc1cc(C)sc1C(=O)N1CCNC[C@H]1C(=O)NC1CC1. The average molecular weight is 323 g/mol. The third-order valence-electron chi connectivity index (χ3n) is 3.97. The molecule has 3 rings (SSSR count). The van der Waals surface area contributed by atoms with Crippen molar-refractivity contribution < 1.29 is 14.3 Å². The monoisotopic (exact) mass is 323 g/mol. The standard InChI is InChI=1S/C15H21N3O3S/c1-9-7-12(21-2)13(22-9)15(20)18-6-5-16-8-11(18)14(19)17-10-3-4-10/h7,10-11,16H,3-6,8H2,1-2H3,(H,17,19)/t11-/m0/s1. The van der Waals surface area contributed by atoms with Crippen LogP contribution in [0.1, 0.15) is 27.4 Å². The number of methoxy groups -OCH3 is 1. The van der Waals surface area contributed by atoms with Crippen molar-refractivity contribution in [3.8, 4) is 5.75 Å². The smallest absolute Gasteiger partial charge is 0.268 e. The van der Waals surface area contributed by atoms with E-state index in [0.29, 0.717) is 36.3 Å². The summed E-state index contributed by atoms with van der Waals surface area (Å²) in [7, 11) is 1.56. The maximum absolute atomic E-state index is 12.9. The molecular formula is C15H21N3O3S. The van der Waals surface area contributed by atoms with E-state index in [9.17, 15) is 9.59 Å².